The van der Waals surface area contributed by atoms with Crippen LogP contribution in [-0.2, 0) is 22.4 Å². The molecule has 0 spiro atoms. The van der Waals surface area contributed by atoms with Gasteiger partial charge >= 0.3 is 0 Å². The zero-order valence-corrected chi connectivity index (χ0v) is 18.4. The summed E-state index contributed by atoms with van der Waals surface area (Å²) in [6, 6.07) is 17.1. The standard InChI is InChI=1S/C26H29N3O3/c1-2-14-28-16-22(29-25(26(28)31)23(30)17-32-15-13-27-29)24-20-9-5-3-7-18(20)11-12-19-8-4-6-10-21(19)24/h3-10,13,22,24,30H,2,11-12,14-17H2,1H3/b25-23?,27-13-/t22-/m0/s1. The van der Waals surface area contributed by atoms with Crippen molar-refractivity contribution in [2.45, 2.75) is 38.1 Å². The lowest BCUT2D eigenvalue weighted by Gasteiger charge is -2.45. The van der Waals surface area contributed by atoms with E-state index in [1.54, 1.807) is 11.2 Å². The molecule has 3 aliphatic rings. The summed E-state index contributed by atoms with van der Waals surface area (Å²) < 4.78 is 5.44. The third-order valence-corrected chi connectivity index (χ3v) is 6.67. The van der Waals surface area contributed by atoms with Crippen LogP contribution in [0.2, 0.25) is 0 Å². The Morgan fingerprint density at radius 1 is 1.06 bits per heavy atom. The van der Waals surface area contributed by atoms with Gasteiger partial charge in [0.25, 0.3) is 5.91 Å². The Bertz CT molecular complexity index is 1030. The predicted octanol–water partition coefficient (Wildman–Crippen LogP) is 3.63. The average molecular weight is 432 g/mol. The van der Waals surface area contributed by atoms with Gasteiger partial charge in [-0.05, 0) is 41.5 Å². The molecule has 166 valence electrons. The first kappa shape index (κ1) is 20.8. The fourth-order valence-electron chi connectivity index (χ4n) is 5.29. The summed E-state index contributed by atoms with van der Waals surface area (Å²) in [5.74, 6) is -0.205. The predicted molar refractivity (Wildman–Crippen MR) is 124 cm³/mol. The lowest BCUT2D eigenvalue weighted by Crippen LogP contribution is -2.56. The monoisotopic (exact) mass is 431 g/mol. The molecular weight excluding hydrogens is 402 g/mol. The molecule has 1 atom stereocenters. The fraction of sp³-hybridized carbons (Fsp3) is 0.385. The smallest absolute Gasteiger partial charge is 0.275 e. The molecule has 32 heavy (non-hydrogen) atoms. The van der Waals surface area contributed by atoms with Crippen LogP contribution in [0, 0.1) is 0 Å². The molecule has 1 saturated heterocycles. The summed E-state index contributed by atoms with van der Waals surface area (Å²) in [4.78, 5) is 15.2. The Balaban J connectivity index is 1.71. The lowest BCUT2D eigenvalue weighted by molar-refractivity contribution is -0.134. The van der Waals surface area contributed by atoms with Crippen LogP contribution in [0.3, 0.4) is 0 Å². The molecule has 2 aromatic carbocycles. The summed E-state index contributed by atoms with van der Waals surface area (Å²) in [6.45, 7) is 3.56. The highest BCUT2D eigenvalue weighted by Crippen LogP contribution is 2.41. The second-order valence-electron chi connectivity index (χ2n) is 8.65. The van der Waals surface area contributed by atoms with Gasteiger partial charge in [-0.2, -0.15) is 5.10 Å². The van der Waals surface area contributed by atoms with Crippen molar-refractivity contribution in [2.24, 2.45) is 5.10 Å². The molecule has 2 aromatic rings. The minimum Gasteiger partial charge on any atom is -0.507 e. The Morgan fingerprint density at radius 2 is 1.72 bits per heavy atom. The number of ether oxygens (including phenoxy) is 1. The molecule has 1 fully saturated rings. The van der Waals surface area contributed by atoms with Crippen LogP contribution in [0.15, 0.2) is 65.1 Å². The van der Waals surface area contributed by atoms with Crippen molar-refractivity contribution in [3.05, 3.63) is 82.2 Å². The van der Waals surface area contributed by atoms with Gasteiger partial charge < -0.3 is 14.7 Å². The summed E-state index contributed by atoms with van der Waals surface area (Å²) in [7, 11) is 0. The Morgan fingerprint density at radius 3 is 2.38 bits per heavy atom. The first-order chi connectivity index (χ1) is 15.7. The largest absolute Gasteiger partial charge is 0.507 e. The van der Waals surface area contributed by atoms with E-state index in [1.807, 2.05) is 4.90 Å². The third kappa shape index (κ3) is 3.58. The zero-order valence-electron chi connectivity index (χ0n) is 18.4. The van der Waals surface area contributed by atoms with Crippen LogP contribution in [0.4, 0.5) is 0 Å². The van der Waals surface area contributed by atoms with Crippen molar-refractivity contribution in [1.29, 1.82) is 0 Å². The number of carbonyl (C=O) groups is 1. The highest BCUT2D eigenvalue weighted by Gasteiger charge is 2.44. The third-order valence-electron chi connectivity index (χ3n) is 6.67. The number of aryl methyl sites for hydroxylation is 2. The maximum Gasteiger partial charge on any atom is 0.275 e. The number of amides is 1. The van der Waals surface area contributed by atoms with Crippen molar-refractivity contribution in [1.82, 2.24) is 9.91 Å². The van der Waals surface area contributed by atoms with Crippen molar-refractivity contribution >= 4 is 12.1 Å². The van der Waals surface area contributed by atoms with Gasteiger partial charge in [0.05, 0.1) is 18.9 Å². The van der Waals surface area contributed by atoms with E-state index in [2.05, 4.69) is 60.6 Å². The normalized spacial score (nSPS) is 22.4. The molecule has 5 rings (SSSR count). The van der Waals surface area contributed by atoms with Gasteiger partial charge in [-0.3, -0.25) is 9.80 Å². The number of nitrogens with zero attached hydrogens (tertiary/aromatic N) is 3. The van der Waals surface area contributed by atoms with Crippen LogP contribution >= 0.6 is 0 Å². The van der Waals surface area contributed by atoms with Crippen LogP contribution in [-0.4, -0.2) is 59.5 Å². The highest BCUT2D eigenvalue weighted by atomic mass is 16.5. The maximum absolute atomic E-state index is 13.3. The van der Waals surface area contributed by atoms with E-state index in [9.17, 15) is 9.90 Å². The van der Waals surface area contributed by atoms with Gasteiger partial charge in [-0.1, -0.05) is 55.5 Å². The highest BCUT2D eigenvalue weighted by molar-refractivity contribution is 5.94. The van der Waals surface area contributed by atoms with Gasteiger partial charge in [-0.25, -0.2) is 0 Å². The Kier molecular flexibility index (Phi) is 5.70. The van der Waals surface area contributed by atoms with E-state index >= 15 is 0 Å². The summed E-state index contributed by atoms with van der Waals surface area (Å²) in [5, 5.41) is 17.2. The van der Waals surface area contributed by atoms with Gasteiger partial charge in [0.1, 0.15) is 12.4 Å². The van der Waals surface area contributed by atoms with E-state index in [1.165, 1.54) is 22.3 Å². The minimum absolute atomic E-state index is 0.00805. The Hall–Kier alpha value is -3.12. The topological polar surface area (TPSA) is 65.4 Å². The Labute approximate surface area is 188 Å². The van der Waals surface area contributed by atoms with Crippen molar-refractivity contribution in [2.75, 3.05) is 26.3 Å². The molecule has 0 radical (unpaired) electrons. The molecule has 2 heterocycles. The molecule has 1 aliphatic carbocycles. The van der Waals surface area contributed by atoms with E-state index in [-0.39, 0.29) is 35.9 Å². The fourth-order valence-corrected chi connectivity index (χ4v) is 5.29. The van der Waals surface area contributed by atoms with Crippen LogP contribution in [0.1, 0.15) is 41.5 Å². The number of benzene rings is 2. The van der Waals surface area contributed by atoms with Crippen molar-refractivity contribution < 1.29 is 14.6 Å². The first-order valence-electron chi connectivity index (χ1n) is 11.5. The number of hydrogen-bond donors (Lipinski definition) is 1. The van der Waals surface area contributed by atoms with E-state index in [4.69, 9.17) is 4.74 Å². The van der Waals surface area contributed by atoms with Gasteiger partial charge in [0.15, 0.2) is 5.70 Å². The molecule has 0 unspecified atom stereocenters. The molecule has 0 bridgehead atoms. The molecule has 1 amide bonds. The molecule has 0 saturated carbocycles. The van der Waals surface area contributed by atoms with Crippen LogP contribution < -0.4 is 0 Å². The summed E-state index contributed by atoms with van der Waals surface area (Å²) in [6.07, 6.45) is 4.51. The summed E-state index contributed by atoms with van der Waals surface area (Å²) in [5.41, 5.74) is 5.47. The average Bonchev–Trinajstić information content (AvgIpc) is 2.96. The molecular formula is C26H29N3O3. The van der Waals surface area contributed by atoms with E-state index in [0.717, 1.165) is 19.3 Å². The number of rotatable bonds is 3. The molecule has 6 nitrogen and oxygen atoms in total. The van der Waals surface area contributed by atoms with Crippen molar-refractivity contribution in [3.63, 3.8) is 0 Å². The van der Waals surface area contributed by atoms with E-state index < -0.39 is 0 Å². The molecule has 2 aliphatic heterocycles. The minimum atomic E-state index is -0.182. The van der Waals surface area contributed by atoms with Gasteiger partial charge in [-0.15, -0.1) is 0 Å². The lowest BCUT2D eigenvalue weighted by atomic mass is 9.81. The molecule has 6 heteroatoms. The number of hydrazone groups is 1. The first-order valence-corrected chi connectivity index (χ1v) is 11.5. The number of piperazine rings is 1. The van der Waals surface area contributed by atoms with Crippen LogP contribution in [0.5, 0.6) is 0 Å². The molecule has 0 aromatic heterocycles. The number of aliphatic hydroxyl groups excluding tert-OH is 1. The second kappa shape index (κ2) is 8.79. The number of hydrogen-bond acceptors (Lipinski definition) is 5. The van der Waals surface area contributed by atoms with E-state index in [0.29, 0.717) is 19.7 Å². The number of aliphatic hydroxyl groups is 1. The quantitative estimate of drug-likeness (QED) is 0.806. The number of carbonyl (C=O) groups excluding carboxylic acids is 1. The van der Waals surface area contributed by atoms with Crippen LogP contribution in [0.25, 0.3) is 0 Å². The maximum atomic E-state index is 13.3. The van der Waals surface area contributed by atoms with Gasteiger partial charge in [0, 0.05) is 19.0 Å². The van der Waals surface area contributed by atoms with Crippen molar-refractivity contribution in [3.8, 4) is 0 Å². The molecule has 1 N–H and O–H groups in total. The zero-order chi connectivity index (χ0) is 22.1. The summed E-state index contributed by atoms with van der Waals surface area (Å²) >= 11 is 0. The van der Waals surface area contributed by atoms with Gasteiger partial charge in [0.2, 0.25) is 0 Å². The SMILES string of the molecule is CCCN1C[C@@H](C2c3ccccc3CCc3ccccc32)N2/N=C\COCC(O)=C2C1=O. The second-order valence-corrected chi connectivity index (χ2v) is 8.65. The number of fused-ring (bicyclic) bond motifs is 3.